The maximum atomic E-state index is 6.31. The molecule has 3 aliphatic heterocycles. The molecule has 2 atom stereocenters. The maximum Gasteiger partial charge on any atom is 0.236 e. The van der Waals surface area contributed by atoms with Gasteiger partial charge in [-0.1, -0.05) is 42.5 Å². The topological polar surface area (TPSA) is 46.4 Å². The molecule has 0 radical (unpaired) electrons. The van der Waals surface area contributed by atoms with Crippen LogP contribution in [0.25, 0.3) is 11.0 Å². The summed E-state index contributed by atoms with van der Waals surface area (Å²) in [4.78, 5) is 0. The lowest BCUT2D eigenvalue weighted by Crippen LogP contribution is -2.59. The molecule has 1 aromatic heterocycles. The van der Waals surface area contributed by atoms with Crippen LogP contribution >= 0.6 is 0 Å². The first-order valence-corrected chi connectivity index (χ1v) is 9.32. The smallest absolute Gasteiger partial charge is 0.236 e. The van der Waals surface area contributed by atoms with Gasteiger partial charge in [0.15, 0.2) is 12.1 Å². The summed E-state index contributed by atoms with van der Waals surface area (Å²) in [5.74, 6) is 2.04. The summed E-state index contributed by atoms with van der Waals surface area (Å²) in [6, 6.07) is 23.0. The molecule has 4 nitrogen and oxygen atoms in total. The average Bonchev–Trinajstić information content (AvgIpc) is 3.25. The van der Waals surface area contributed by atoms with Crippen molar-refractivity contribution in [2.45, 2.75) is 12.0 Å². The average molecular weight is 350 g/mol. The van der Waals surface area contributed by atoms with Crippen LogP contribution in [0.1, 0.15) is 11.4 Å². The fraction of sp³-hybridized carbons (Fsp3) is 0.0909. The van der Waals surface area contributed by atoms with Crippen molar-refractivity contribution in [3.8, 4) is 5.75 Å². The van der Waals surface area contributed by atoms with Crippen LogP contribution < -0.4 is 26.3 Å². The largest absolute Gasteiger partial charge is 0.471 e. The number of ether oxygens (including phenoxy) is 1. The van der Waals surface area contributed by atoms with E-state index in [1.54, 1.807) is 0 Å². The first-order valence-electron chi connectivity index (χ1n) is 9.32. The number of hydrogen-bond acceptors (Lipinski definition) is 4. The van der Waals surface area contributed by atoms with E-state index in [4.69, 9.17) is 9.15 Å². The van der Waals surface area contributed by atoms with E-state index in [0.717, 1.165) is 28.6 Å². The molecular formula is C22H15BN2O2. The molecular weight excluding hydrogens is 335 g/mol. The Bertz CT molecular complexity index is 1250. The molecule has 0 saturated carbocycles. The Kier molecular flexibility index (Phi) is 2.40. The molecule has 0 spiro atoms. The zero-order chi connectivity index (χ0) is 17.5. The molecule has 4 aromatic rings. The molecule has 0 aliphatic carbocycles. The Hall–Kier alpha value is -3.34. The number of rotatable bonds is 0. The van der Waals surface area contributed by atoms with E-state index in [2.05, 4.69) is 59.2 Å². The highest BCUT2D eigenvalue weighted by Gasteiger charge is 2.51. The summed E-state index contributed by atoms with van der Waals surface area (Å²) >= 11 is 0. The number of para-hydroxylation sites is 2. The molecule has 3 aliphatic rings. The van der Waals surface area contributed by atoms with Gasteiger partial charge in [0.1, 0.15) is 11.3 Å². The van der Waals surface area contributed by atoms with Crippen molar-refractivity contribution < 1.29 is 9.15 Å². The SMILES string of the molecule is c1cc2c3c(c1)NC1Oc4ccccc4C1B3c1c(oc3ccccc13)N2. The summed E-state index contributed by atoms with van der Waals surface area (Å²) in [5, 5.41) is 8.32. The molecule has 0 fully saturated rings. The van der Waals surface area contributed by atoms with Gasteiger partial charge in [-0.3, -0.25) is 0 Å². The summed E-state index contributed by atoms with van der Waals surface area (Å²) < 4.78 is 12.5. The lowest BCUT2D eigenvalue weighted by molar-refractivity contribution is 0.256. The van der Waals surface area contributed by atoms with Crippen molar-refractivity contribution in [2.24, 2.45) is 0 Å². The maximum absolute atomic E-state index is 6.31. The molecule has 0 bridgehead atoms. The van der Waals surface area contributed by atoms with Crippen LogP contribution in [0.4, 0.5) is 17.3 Å². The van der Waals surface area contributed by atoms with Gasteiger partial charge in [-0.15, -0.1) is 0 Å². The summed E-state index contributed by atoms with van der Waals surface area (Å²) in [6.07, 6.45) is -0.0743. The second-order valence-corrected chi connectivity index (χ2v) is 7.46. The van der Waals surface area contributed by atoms with Gasteiger partial charge in [-0.2, -0.15) is 0 Å². The van der Waals surface area contributed by atoms with Crippen LogP contribution in [0, 0.1) is 0 Å². The minimum atomic E-state index is -0.0743. The third kappa shape index (κ3) is 1.65. The van der Waals surface area contributed by atoms with E-state index >= 15 is 0 Å². The molecule has 7 rings (SSSR count). The first-order chi connectivity index (χ1) is 13.4. The minimum absolute atomic E-state index is 0.0743. The van der Waals surface area contributed by atoms with Crippen molar-refractivity contribution in [1.29, 1.82) is 0 Å². The van der Waals surface area contributed by atoms with Crippen LogP contribution in [-0.2, 0) is 0 Å². The van der Waals surface area contributed by atoms with Crippen molar-refractivity contribution in [2.75, 3.05) is 10.6 Å². The predicted molar refractivity (Wildman–Crippen MR) is 108 cm³/mol. The van der Waals surface area contributed by atoms with Crippen molar-refractivity contribution in [3.63, 3.8) is 0 Å². The fourth-order valence-corrected chi connectivity index (χ4v) is 5.09. The lowest BCUT2D eigenvalue weighted by Gasteiger charge is -2.37. The first kappa shape index (κ1) is 13.8. The van der Waals surface area contributed by atoms with Crippen LogP contribution in [-0.4, -0.2) is 12.9 Å². The van der Waals surface area contributed by atoms with Crippen LogP contribution in [0.5, 0.6) is 5.75 Å². The van der Waals surface area contributed by atoms with E-state index < -0.39 is 0 Å². The highest BCUT2D eigenvalue weighted by atomic mass is 16.5. The highest BCUT2D eigenvalue weighted by molar-refractivity contribution is 6.92. The van der Waals surface area contributed by atoms with Gasteiger partial charge >= 0.3 is 0 Å². The molecule has 5 heteroatoms. The molecule has 2 unspecified atom stereocenters. The Labute approximate surface area is 156 Å². The van der Waals surface area contributed by atoms with Gasteiger partial charge < -0.3 is 19.8 Å². The van der Waals surface area contributed by atoms with E-state index in [0.29, 0.717) is 0 Å². The summed E-state index contributed by atoms with van der Waals surface area (Å²) in [6.45, 7) is 0.186. The van der Waals surface area contributed by atoms with Gasteiger partial charge in [-0.05, 0) is 40.8 Å². The van der Waals surface area contributed by atoms with E-state index in [1.807, 2.05) is 18.2 Å². The monoisotopic (exact) mass is 350 g/mol. The van der Waals surface area contributed by atoms with E-state index in [1.165, 1.54) is 21.9 Å². The standard InChI is InChI=1S/C22H15BN2O2/c1-3-10-16-12(6-1)18-21(26-16)24-14-8-5-9-15-20(14)23(18)19-13-7-2-4-11-17(13)27-22(19)25-15/h1-11,18,21,24-25H. The molecule has 3 aromatic carbocycles. The quantitative estimate of drug-likeness (QED) is 0.476. The van der Waals surface area contributed by atoms with Crippen LogP contribution in [0.15, 0.2) is 71.1 Å². The van der Waals surface area contributed by atoms with Gasteiger partial charge in [0.05, 0.1) is 0 Å². The third-order valence-electron chi connectivity index (χ3n) is 6.13. The normalized spacial score (nSPS) is 20.7. The van der Waals surface area contributed by atoms with Gasteiger partial charge in [0.2, 0.25) is 6.71 Å². The Morgan fingerprint density at radius 2 is 1.67 bits per heavy atom. The second kappa shape index (κ2) is 4.68. The van der Waals surface area contributed by atoms with Gasteiger partial charge in [-0.25, -0.2) is 0 Å². The molecule has 2 N–H and O–H groups in total. The Morgan fingerprint density at radius 3 is 2.67 bits per heavy atom. The molecule has 27 heavy (non-hydrogen) atoms. The Balaban J connectivity index is 1.58. The molecule has 0 amide bonds. The number of anilines is 3. The third-order valence-corrected chi connectivity index (χ3v) is 6.13. The fourth-order valence-electron chi connectivity index (χ4n) is 5.09. The molecule has 0 saturated heterocycles. The van der Waals surface area contributed by atoms with Gasteiger partial charge in [0.25, 0.3) is 0 Å². The minimum Gasteiger partial charge on any atom is -0.471 e. The van der Waals surface area contributed by atoms with Crippen LogP contribution in [0.2, 0.25) is 0 Å². The molecule has 4 heterocycles. The zero-order valence-electron chi connectivity index (χ0n) is 14.4. The number of furan rings is 1. The Morgan fingerprint density at radius 1 is 0.815 bits per heavy atom. The lowest BCUT2D eigenvalue weighted by atomic mass is 9.30. The van der Waals surface area contributed by atoms with Crippen molar-refractivity contribution >= 4 is 45.9 Å². The highest BCUT2D eigenvalue weighted by Crippen LogP contribution is 2.45. The van der Waals surface area contributed by atoms with Crippen LogP contribution in [0.3, 0.4) is 0 Å². The second-order valence-electron chi connectivity index (χ2n) is 7.46. The zero-order valence-corrected chi connectivity index (χ0v) is 14.4. The van der Waals surface area contributed by atoms with E-state index in [-0.39, 0.29) is 18.8 Å². The number of benzene rings is 3. The predicted octanol–water partition coefficient (Wildman–Crippen LogP) is 3.57. The molecule has 128 valence electrons. The van der Waals surface area contributed by atoms with Crippen molar-refractivity contribution in [3.05, 3.63) is 72.3 Å². The summed E-state index contributed by atoms with van der Waals surface area (Å²) in [7, 11) is 0. The number of fused-ring (bicyclic) bond motifs is 8. The number of hydrogen-bond donors (Lipinski definition) is 2. The van der Waals surface area contributed by atoms with Crippen molar-refractivity contribution in [1.82, 2.24) is 0 Å². The number of nitrogens with one attached hydrogen (secondary N) is 2. The summed E-state index contributed by atoms with van der Waals surface area (Å²) in [5.41, 5.74) is 6.97. The van der Waals surface area contributed by atoms with Gasteiger partial charge in [0, 0.05) is 22.6 Å². The van der Waals surface area contributed by atoms with E-state index in [9.17, 15) is 0 Å².